The molecule has 3 heteroatoms. The average Bonchev–Trinajstić information content (AvgIpc) is 2.45. The van der Waals surface area contributed by atoms with Gasteiger partial charge >= 0.3 is 0 Å². The van der Waals surface area contributed by atoms with Crippen molar-refractivity contribution in [3.63, 3.8) is 0 Å². The summed E-state index contributed by atoms with van der Waals surface area (Å²) in [6.45, 7) is 5.61. The lowest BCUT2D eigenvalue weighted by atomic mass is 10.0. The highest BCUT2D eigenvalue weighted by Crippen LogP contribution is 2.24. The Hall–Kier alpha value is -1.28. The SMILES string of the molecule is CC(C)CCCCCCNc1ccnc2cc(Cl)ccc12. The van der Waals surface area contributed by atoms with E-state index in [1.807, 2.05) is 30.5 Å². The van der Waals surface area contributed by atoms with Gasteiger partial charge in [0.25, 0.3) is 0 Å². The molecule has 0 radical (unpaired) electrons. The molecule has 0 aliphatic carbocycles. The van der Waals surface area contributed by atoms with Crippen LogP contribution in [0.4, 0.5) is 5.69 Å². The van der Waals surface area contributed by atoms with Crippen LogP contribution in [0.15, 0.2) is 30.5 Å². The molecule has 0 aliphatic rings. The minimum absolute atomic E-state index is 0.734. The Morgan fingerprint density at radius 2 is 1.90 bits per heavy atom. The molecular weight excluding hydrogens is 280 g/mol. The van der Waals surface area contributed by atoms with Gasteiger partial charge in [-0.05, 0) is 36.6 Å². The molecule has 2 aromatic rings. The average molecular weight is 305 g/mol. The molecule has 0 amide bonds. The van der Waals surface area contributed by atoms with Gasteiger partial charge in [-0.15, -0.1) is 0 Å². The van der Waals surface area contributed by atoms with Crippen molar-refractivity contribution in [3.8, 4) is 0 Å². The van der Waals surface area contributed by atoms with Crippen LogP contribution in [0.3, 0.4) is 0 Å². The predicted octanol–water partition coefficient (Wildman–Crippen LogP) is 5.91. The van der Waals surface area contributed by atoms with Gasteiger partial charge in [0.15, 0.2) is 0 Å². The fraction of sp³-hybridized carbons (Fsp3) is 0.500. The number of halogens is 1. The van der Waals surface area contributed by atoms with Crippen LogP contribution in [-0.4, -0.2) is 11.5 Å². The zero-order valence-electron chi connectivity index (χ0n) is 13.0. The molecule has 1 aromatic carbocycles. The second kappa shape index (κ2) is 8.23. The molecule has 2 rings (SSSR count). The van der Waals surface area contributed by atoms with Crippen molar-refractivity contribution in [1.82, 2.24) is 4.98 Å². The fourth-order valence-corrected chi connectivity index (χ4v) is 2.70. The predicted molar refractivity (Wildman–Crippen MR) is 93.2 cm³/mol. The molecule has 0 fully saturated rings. The van der Waals surface area contributed by atoms with E-state index in [0.717, 1.165) is 34.1 Å². The number of unbranched alkanes of at least 4 members (excludes halogenated alkanes) is 3. The normalized spacial score (nSPS) is 11.2. The Kier molecular flexibility index (Phi) is 6.31. The van der Waals surface area contributed by atoms with Crippen molar-refractivity contribution < 1.29 is 0 Å². The zero-order valence-corrected chi connectivity index (χ0v) is 13.8. The second-order valence-electron chi connectivity index (χ2n) is 6.04. The Labute approximate surface area is 132 Å². The first-order chi connectivity index (χ1) is 10.2. The summed E-state index contributed by atoms with van der Waals surface area (Å²) >= 11 is 6.01. The maximum absolute atomic E-state index is 6.01. The number of hydrogen-bond donors (Lipinski definition) is 1. The third-order valence-electron chi connectivity index (χ3n) is 3.73. The molecule has 1 aromatic heterocycles. The van der Waals surface area contributed by atoms with Gasteiger partial charge in [-0.25, -0.2) is 0 Å². The molecule has 0 aliphatic heterocycles. The van der Waals surface area contributed by atoms with E-state index >= 15 is 0 Å². The molecule has 0 saturated heterocycles. The van der Waals surface area contributed by atoms with Crippen LogP contribution in [0.2, 0.25) is 5.02 Å². The monoisotopic (exact) mass is 304 g/mol. The van der Waals surface area contributed by atoms with Crippen molar-refractivity contribution in [2.45, 2.75) is 46.0 Å². The molecule has 0 saturated carbocycles. The van der Waals surface area contributed by atoms with Crippen molar-refractivity contribution >= 4 is 28.2 Å². The highest BCUT2D eigenvalue weighted by atomic mass is 35.5. The zero-order chi connectivity index (χ0) is 15.1. The van der Waals surface area contributed by atoms with Gasteiger partial charge in [0.2, 0.25) is 0 Å². The molecule has 0 bridgehead atoms. The standard InChI is InChI=1S/C18H25ClN2/c1-14(2)7-5-3-4-6-11-20-17-10-12-21-18-13-15(19)8-9-16(17)18/h8-10,12-14H,3-7,11H2,1-2H3,(H,20,21). The first-order valence-electron chi connectivity index (χ1n) is 7.95. The Morgan fingerprint density at radius 1 is 1.10 bits per heavy atom. The molecule has 0 atom stereocenters. The Morgan fingerprint density at radius 3 is 2.71 bits per heavy atom. The van der Waals surface area contributed by atoms with E-state index in [-0.39, 0.29) is 0 Å². The lowest BCUT2D eigenvalue weighted by Crippen LogP contribution is -2.02. The first-order valence-corrected chi connectivity index (χ1v) is 8.33. The van der Waals surface area contributed by atoms with Gasteiger partial charge < -0.3 is 5.32 Å². The number of fused-ring (bicyclic) bond motifs is 1. The van der Waals surface area contributed by atoms with Gasteiger partial charge in [0, 0.05) is 28.8 Å². The van der Waals surface area contributed by atoms with Gasteiger partial charge in [0.1, 0.15) is 0 Å². The van der Waals surface area contributed by atoms with E-state index < -0.39 is 0 Å². The summed E-state index contributed by atoms with van der Waals surface area (Å²) < 4.78 is 0. The third kappa shape index (κ3) is 5.20. The molecular formula is C18H25ClN2. The molecule has 0 unspecified atom stereocenters. The van der Waals surface area contributed by atoms with Crippen LogP contribution in [-0.2, 0) is 0 Å². The van der Waals surface area contributed by atoms with E-state index in [4.69, 9.17) is 11.6 Å². The Bertz CT molecular complexity index is 566. The molecule has 1 heterocycles. The van der Waals surface area contributed by atoms with Crippen molar-refractivity contribution in [2.24, 2.45) is 5.92 Å². The van der Waals surface area contributed by atoms with Crippen LogP contribution in [0.25, 0.3) is 10.9 Å². The highest BCUT2D eigenvalue weighted by Gasteiger charge is 2.02. The highest BCUT2D eigenvalue weighted by molar-refractivity contribution is 6.31. The minimum Gasteiger partial charge on any atom is -0.384 e. The lowest BCUT2D eigenvalue weighted by molar-refractivity contribution is 0.523. The number of hydrogen-bond acceptors (Lipinski definition) is 2. The number of nitrogens with one attached hydrogen (secondary N) is 1. The van der Waals surface area contributed by atoms with Crippen molar-refractivity contribution in [2.75, 3.05) is 11.9 Å². The molecule has 0 spiro atoms. The van der Waals surface area contributed by atoms with Crippen LogP contribution in [0.5, 0.6) is 0 Å². The summed E-state index contributed by atoms with van der Waals surface area (Å²) in [5.74, 6) is 0.832. The van der Waals surface area contributed by atoms with Gasteiger partial charge in [0.05, 0.1) is 5.52 Å². The van der Waals surface area contributed by atoms with Crippen LogP contribution in [0, 0.1) is 5.92 Å². The van der Waals surface area contributed by atoms with Gasteiger partial charge in [-0.2, -0.15) is 0 Å². The third-order valence-corrected chi connectivity index (χ3v) is 3.96. The number of anilines is 1. The molecule has 114 valence electrons. The van der Waals surface area contributed by atoms with Crippen LogP contribution in [0.1, 0.15) is 46.0 Å². The van der Waals surface area contributed by atoms with Crippen molar-refractivity contribution in [1.29, 1.82) is 0 Å². The second-order valence-corrected chi connectivity index (χ2v) is 6.48. The number of rotatable bonds is 8. The summed E-state index contributed by atoms with van der Waals surface area (Å²) in [4.78, 5) is 4.36. The van der Waals surface area contributed by atoms with Gasteiger partial charge in [-0.1, -0.05) is 51.1 Å². The molecule has 2 nitrogen and oxygen atoms in total. The molecule has 1 N–H and O–H groups in total. The maximum atomic E-state index is 6.01. The lowest BCUT2D eigenvalue weighted by Gasteiger charge is -2.10. The maximum Gasteiger partial charge on any atom is 0.0737 e. The summed E-state index contributed by atoms with van der Waals surface area (Å²) in [6.07, 6.45) is 8.40. The van der Waals surface area contributed by atoms with Crippen LogP contribution < -0.4 is 5.32 Å². The number of nitrogens with zero attached hydrogens (tertiary/aromatic N) is 1. The fourth-order valence-electron chi connectivity index (χ4n) is 2.53. The first kappa shape index (κ1) is 16.1. The van der Waals surface area contributed by atoms with E-state index in [1.165, 1.54) is 32.1 Å². The number of pyridine rings is 1. The topological polar surface area (TPSA) is 24.9 Å². The van der Waals surface area contributed by atoms with E-state index in [0.29, 0.717) is 0 Å². The van der Waals surface area contributed by atoms with E-state index in [1.54, 1.807) is 0 Å². The van der Waals surface area contributed by atoms with E-state index in [9.17, 15) is 0 Å². The number of benzene rings is 1. The van der Waals surface area contributed by atoms with Crippen LogP contribution >= 0.6 is 11.6 Å². The molecule has 21 heavy (non-hydrogen) atoms. The quantitative estimate of drug-likeness (QED) is 0.613. The van der Waals surface area contributed by atoms with Crippen molar-refractivity contribution in [3.05, 3.63) is 35.5 Å². The number of aromatic nitrogens is 1. The van der Waals surface area contributed by atoms with Gasteiger partial charge in [-0.3, -0.25) is 4.98 Å². The largest absolute Gasteiger partial charge is 0.384 e. The summed E-state index contributed by atoms with van der Waals surface area (Å²) in [5, 5.41) is 5.40. The summed E-state index contributed by atoms with van der Waals surface area (Å²) in [6, 6.07) is 7.90. The smallest absolute Gasteiger partial charge is 0.0737 e. The Balaban J connectivity index is 1.79. The summed E-state index contributed by atoms with van der Waals surface area (Å²) in [5.41, 5.74) is 2.10. The minimum atomic E-state index is 0.734. The van der Waals surface area contributed by atoms with E-state index in [2.05, 4.69) is 24.1 Å². The summed E-state index contributed by atoms with van der Waals surface area (Å²) in [7, 11) is 0.